The molecular weight excluding hydrogens is 241 g/mol. The number of pyridine rings is 1. The molecule has 0 unspecified atom stereocenters. The van der Waals surface area contributed by atoms with Crippen LogP contribution in [0.4, 0.5) is 4.39 Å². The summed E-state index contributed by atoms with van der Waals surface area (Å²) in [7, 11) is 0. The predicted molar refractivity (Wildman–Crippen MR) is 75.3 cm³/mol. The van der Waals surface area contributed by atoms with Crippen molar-refractivity contribution in [1.29, 1.82) is 0 Å². The van der Waals surface area contributed by atoms with Gasteiger partial charge in [0.05, 0.1) is 6.20 Å². The lowest BCUT2D eigenvalue weighted by Gasteiger charge is -2.32. The van der Waals surface area contributed by atoms with Crippen LogP contribution in [0.2, 0.25) is 0 Å². The van der Waals surface area contributed by atoms with Crippen molar-refractivity contribution in [3.63, 3.8) is 0 Å². The highest BCUT2D eigenvalue weighted by Gasteiger charge is 2.19. The van der Waals surface area contributed by atoms with Crippen LogP contribution in [0.3, 0.4) is 0 Å². The lowest BCUT2D eigenvalue weighted by atomic mass is 9.96. The van der Waals surface area contributed by atoms with Crippen molar-refractivity contribution in [3.05, 3.63) is 29.8 Å². The third kappa shape index (κ3) is 4.88. The molecule has 0 amide bonds. The topological polar surface area (TPSA) is 28.2 Å². The van der Waals surface area contributed by atoms with Gasteiger partial charge in [0.1, 0.15) is 5.82 Å². The zero-order chi connectivity index (χ0) is 13.7. The summed E-state index contributed by atoms with van der Waals surface area (Å²) in [6.07, 6.45) is 5.47. The number of piperidine rings is 1. The number of hydrogen-bond donors (Lipinski definition) is 1. The van der Waals surface area contributed by atoms with Crippen LogP contribution in [-0.4, -0.2) is 35.6 Å². The molecule has 1 fully saturated rings. The van der Waals surface area contributed by atoms with Gasteiger partial charge in [0.25, 0.3) is 0 Å². The number of nitrogens with one attached hydrogen (secondary N) is 1. The molecule has 1 aliphatic rings. The predicted octanol–water partition coefficient (Wildman–Crippen LogP) is 2.43. The standard InChI is InChI=1S/C15H24FN3/c1-12(2)18-9-13-3-5-19(6-4-13)11-14-7-15(16)10-17-8-14/h7-8,10,12-13,18H,3-6,9,11H2,1-2H3. The zero-order valence-electron chi connectivity index (χ0n) is 11.9. The molecule has 1 aromatic heterocycles. The average molecular weight is 265 g/mol. The molecule has 106 valence electrons. The van der Waals surface area contributed by atoms with E-state index < -0.39 is 0 Å². The maximum Gasteiger partial charge on any atom is 0.141 e. The fraction of sp³-hybridized carbons (Fsp3) is 0.667. The van der Waals surface area contributed by atoms with Crippen LogP contribution in [0.15, 0.2) is 18.5 Å². The smallest absolute Gasteiger partial charge is 0.141 e. The largest absolute Gasteiger partial charge is 0.314 e. The molecular formula is C15H24FN3. The van der Waals surface area contributed by atoms with Crippen LogP contribution in [0, 0.1) is 11.7 Å². The molecule has 0 saturated carbocycles. The molecule has 0 atom stereocenters. The zero-order valence-corrected chi connectivity index (χ0v) is 11.9. The van der Waals surface area contributed by atoms with Crippen LogP contribution >= 0.6 is 0 Å². The van der Waals surface area contributed by atoms with E-state index in [9.17, 15) is 4.39 Å². The maximum atomic E-state index is 13.1. The van der Waals surface area contributed by atoms with Crippen molar-refractivity contribution < 1.29 is 4.39 Å². The van der Waals surface area contributed by atoms with E-state index in [1.807, 2.05) is 0 Å². The molecule has 1 aliphatic heterocycles. The first-order valence-electron chi connectivity index (χ1n) is 7.18. The summed E-state index contributed by atoms with van der Waals surface area (Å²) >= 11 is 0. The van der Waals surface area contributed by atoms with E-state index in [1.54, 1.807) is 12.3 Å². The van der Waals surface area contributed by atoms with E-state index in [2.05, 4.69) is 29.0 Å². The Morgan fingerprint density at radius 1 is 1.37 bits per heavy atom. The van der Waals surface area contributed by atoms with Gasteiger partial charge in [0.2, 0.25) is 0 Å². The Morgan fingerprint density at radius 2 is 2.11 bits per heavy atom. The fourth-order valence-corrected chi connectivity index (χ4v) is 2.55. The van der Waals surface area contributed by atoms with Crippen molar-refractivity contribution in [1.82, 2.24) is 15.2 Å². The van der Waals surface area contributed by atoms with Gasteiger partial charge >= 0.3 is 0 Å². The normalized spacial score (nSPS) is 18.1. The number of likely N-dealkylation sites (tertiary alicyclic amines) is 1. The van der Waals surface area contributed by atoms with Gasteiger partial charge in [-0.05, 0) is 50.0 Å². The molecule has 4 heteroatoms. The van der Waals surface area contributed by atoms with Gasteiger partial charge in [-0.1, -0.05) is 13.8 Å². The Balaban J connectivity index is 1.74. The number of rotatable bonds is 5. The van der Waals surface area contributed by atoms with Gasteiger partial charge in [0, 0.05) is 18.8 Å². The highest BCUT2D eigenvalue weighted by molar-refractivity contribution is 5.10. The molecule has 0 bridgehead atoms. The van der Waals surface area contributed by atoms with Crippen molar-refractivity contribution in [2.45, 2.75) is 39.3 Å². The van der Waals surface area contributed by atoms with Crippen LogP contribution in [0.25, 0.3) is 0 Å². The van der Waals surface area contributed by atoms with Crippen LogP contribution in [0.1, 0.15) is 32.3 Å². The molecule has 19 heavy (non-hydrogen) atoms. The van der Waals surface area contributed by atoms with Gasteiger partial charge < -0.3 is 5.32 Å². The molecule has 3 nitrogen and oxygen atoms in total. The molecule has 0 aromatic carbocycles. The first-order valence-corrected chi connectivity index (χ1v) is 7.18. The first kappa shape index (κ1) is 14.4. The number of nitrogens with zero attached hydrogens (tertiary/aromatic N) is 2. The minimum Gasteiger partial charge on any atom is -0.314 e. The first-order chi connectivity index (χ1) is 9.13. The van der Waals surface area contributed by atoms with E-state index in [0.29, 0.717) is 6.04 Å². The van der Waals surface area contributed by atoms with Gasteiger partial charge in [-0.15, -0.1) is 0 Å². The van der Waals surface area contributed by atoms with E-state index in [-0.39, 0.29) is 5.82 Å². The van der Waals surface area contributed by atoms with Crippen LogP contribution in [-0.2, 0) is 6.54 Å². The summed E-state index contributed by atoms with van der Waals surface area (Å²) in [6.45, 7) is 8.50. The SMILES string of the molecule is CC(C)NCC1CCN(Cc2cncc(F)c2)CC1. The molecule has 1 N–H and O–H groups in total. The van der Waals surface area contributed by atoms with Crippen molar-refractivity contribution in [3.8, 4) is 0 Å². The lowest BCUT2D eigenvalue weighted by Crippen LogP contribution is -2.38. The summed E-state index contributed by atoms with van der Waals surface area (Å²) in [5.41, 5.74) is 0.971. The number of hydrogen-bond acceptors (Lipinski definition) is 3. The second-order valence-corrected chi connectivity index (χ2v) is 5.79. The minimum atomic E-state index is -0.242. The van der Waals surface area contributed by atoms with Gasteiger partial charge in [-0.25, -0.2) is 4.39 Å². The maximum absolute atomic E-state index is 13.1. The Morgan fingerprint density at radius 3 is 2.74 bits per heavy atom. The quantitative estimate of drug-likeness (QED) is 0.886. The van der Waals surface area contributed by atoms with Crippen molar-refractivity contribution in [2.24, 2.45) is 5.92 Å². The Kier molecular flexibility index (Phi) is 5.28. The molecule has 2 heterocycles. The molecule has 0 aliphatic carbocycles. The fourth-order valence-electron chi connectivity index (χ4n) is 2.55. The third-order valence-electron chi connectivity index (χ3n) is 3.69. The average Bonchev–Trinajstić information content (AvgIpc) is 2.38. The Bertz CT molecular complexity index is 387. The summed E-state index contributed by atoms with van der Waals surface area (Å²) in [5.74, 6) is 0.540. The van der Waals surface area contributed by atoms with E-state index in [1.165, 1.54) is 19.0 Å². The van der Waals surface area contributed by atoms with E-state index in [0.717, 1.165) is 37.7 Å². The monoisotopic (exact) mass is 265 g/mol. The Labute approximate surface area is 115 Å². The summed E-state index contributed by atoms with van der Waals surface area (Å²) in [5, 5.41) is 3.51. The Hall–Kier alpha value is -1.00. The molecule has 1 aromatic rings. The summed E-state index contributed by atoms with van der Waals surface area (Å²) < 4.78 is 13.1. The molecule has 2 rings (SSSR count). The van der Waals surface area contributed by atoms with Crippen LogP contribution < -0.4 is 5.32 Å². The van der Waals surface area contributed by atoms with Gasteiger partial charge in [-0.3, -0.25) is 9.88 Å². The molecule has 0 radical (unpaired) electrons. The van der Waals surface area contributed by atoms with Crippen molar-refractivity contribution >= 4 is 0 Å². The van der Waals surface area contributed by atoms with E-state index >= 15 is 0 Å². The lowest BCUT2D eigenvalue weighted by molar-refractivity contribution is 0.174. The van der Waals surface area contributed by atoms with Gasteiger partial charge in [-0.2, -0.15) is 0 Å². The third-order valence-corrected chi connectivity index (χ3v) is 3.69. The highest BCUT2D eigenvalue weighted by atomic mass is 19.1. The highest BCUT2D eigenvalue weighted by Crippen LogP contribution is 2.18. The second kappa shape index (κ2) is 6.96. The number of aromatic nitrogens is 1. The second-order valence-electron chi connectivity index (χ2n) is 5.79. The van der Waals surface area contributed by atoms with E-state index in [4.69, 9.17) is 0 Å². The van der Waals surface area contributed by atoms with Crippen LogP contribution in [0.5, 0.6) is 0 Å². The molecule has 1 saturated heterocycles. The summed E-state index contributed by atoms with van der Waals surface area (Å²) in [6, 6.07) is 2.15. The van der Waals surface area contributed by atoms with Gasteiger partial charge in [0.15, 0.2) is 0 Å². The summed E-state index contributed by atoms with van der Waals surface area (Å²) in [4.78, 5) is 6.29. The number of halogens is 1. The van der Waals surface area contributed by atoms with Crippen molar-refractivity contribution in [2.75, 3.05) is 19.6 Å². The molecule has 0 spiro atoms. The minimum absolute atomic E-state index is 0.242.